The summed E-state index contributed by atoms with van der Waals surface area (Å²) in [5.41, 5.74) is 19.3. The monoisotopic (exact) mass is 892 g/mol. The Bertz CT molecular complexity index is 4010. The number of nitrogens with zero attached hydrogens (tertiary/aromatic N) is 4. The predicted molar refractivity (Wildman–Crippen MR) is 293 cm³/mol. The summed E-state index contributed by atoms with van der Waals surface area (Å²) in [5, 5.41) is 4.94. The summed E-state index contributed by atoms with van der Waals surface area (Å²) < 4.78 is 2.39. The van der Waals surface area contributed by atoms with Gasteiger partial charge in [0.25, 0.3) is 0 Å². The van der Waals surface area contributed by atoms with E-state index < -0.39 is 0 Å². The van der Waals surface area contributed by atoms with Crippen molar-refractivity contribution in [2.24, 2.45) is 0 Å². The maximum atomic E-state index is 5.16. The Hall–Kier alpha value is -9.38. The molecule has 0 spiro atoms. The molecule has 4 heteroatoms. The number of hydrogen-bond donors (Lipinski definition) is 0. The van der Waals surface area contributed by atoms with Crippen molar-refractivity contribution in [3.05, 3.63) is 267 Å². The number of para-hydroxylation sites is 4. The summed E-state index contributed by atoms with van der Waals surface area (Å²) >= 11 is 0. The highest BCUT2D eigenvalue weighted by atomic mass is 15.1. The SMILES string of the molecule is c1ccc(-c2nc3ccccc3nc2-c2ccc(N(c3ccccc3)c3ccc(-c4ccc5c(c4)c4cc(-c6ccc(-c7ccc8ccccc8c7)cc6)ccc4n5-c4ccccc4)cc3)cc2)cc1. The molecule has 0 unspecified atom stereocenters. The molecule has 70 heavy (non-hydrogen) atoms. The standard InChI is InChI=1S/C66H44N4/c1-4-15-49(16-5-1)65-66(68-62-23-13-12-22-61(62)67-65)50-32-38-58(39-33-50)69(55-18-6-2-7-19-55)57-36-30-48(31-37-57)54-35-41-64-60(44-54)59-43-53(34-40-63(59)70(64)56-20-8-3-9-21-56)47-26-24-46(25-27-47)52-29-28-45-14-10-11-17-51(45)42-52/h1-44H. The summed E-state index contributed by atoms with van der Waals surface area (Å²) in [4.78, 5) is 12.6. The van der Waals surface area contributed by atoms with Crippen LogP contribution in [0.25, 0.3) is 105 Å². The molecule has 0 fully saturated rings. The second kappa shape index (κ2) is 17.4. The van der Waals surface area contributed by atoms with Gasteiger partial charge >= 0.3 is 0 Å². The van der Waals surface area contributed by atoms with Crippen LogP contribution in [0.3, 0.4) is 0 Å². The molecule has 0 N–H and O–H groups in total. The van der Waals surface area contributed by atoms with Gasteiger partial charge in [-0.15, -0.1) is 0 Å². The number of hydrogen-bond acceptors (Lipinski definition) is 3. The number of fused-ring (bicyclic) bond motifs is 5. The van der Waals surface area contributed by atoms with E-state index in [0.717, 1.165) is 67.4 Å². The fourth-order valence-corrected chi connectivity index (χ4v) is 10.1. The van der Waals surface area contributed by atoms with Gasteiger partial charge in [0.2, 0.25) is 0 Å². The first-order valence-electron chi connectivity index (χ1n) is 23.8. The molecule has 11 aromatic carbocycles. The van der Waals surface area contributed by atoms with Gasteiger partial charge in [-0.25, -0.2) is 9.97 Å². The molecular formula is C66H44N4. The van der Waals surface area contributed by atoms with Crippen LogP contribution in [0.5, 0.6) is 0 Å². The van der Waals surface area contributed by atoms with Crippen LogP contribution >= 0.6 is 0 Å². The number of benzene rings is 11. The van der Waals surface area contributed by atoms with Crippen molar-refractivity contribution in [3.63, 3.8) is 0 Å². The first-order chi connectivity index (χ1) is 34.7. The van der Waals surface area contributed by atoms with Gasteiger partial charge in [0.05, 0.1) is 33.5 Å². The van der Waals surface area contributed by atoms with E-state index in [1.807, 2.05) is 30.3 Å². The van der Waals surface area contributed by atoms with Crippen LogP contribution in [0.4, 0.5) is 17.1 Å². The molecule has 4 nitrogen and oxygen atoms in total. The van der Waals surface area contributed by atoms with Gasteiger partial charge in [0.15, 0.2) is 0 Å². The molecule has 0 amide bonds. The third-order valence-corrected chi connectivity index (χ3v) is 13.6. The van der Waals surface area contributed by atoms with Crippen molar-refractivity contribution in [1.29, 1.82) is 0 Å². The quantitative estimate of drug-likeness (QED) is 0.145. The molecule has 13 aromatic rings. The van der Waals surface area contributed by atoms with E-state index in [9.17, 15) is 0 Å². The Morgan fingerprint density at radius 1 is 0.271 bits per heavy atom. The van der Waals surface area contributed by atoms with Crippen LogP contribution < -0.4 is 4.90 Å². The van der Waals surface area contributed by atoms with Crippen LogP contribution in [0, 0.1) is 0 Å². The van der Waals surface area contributed by atoms with E-state index in [-0.39, 0.29) is 0 Å². The zero-order valence-corrected chi connectivity index (χ0v) is 38.2. The Morgan fingerprint density at radius 3 is 1.21 bits per heavy atom. The summed E-state index contributed by atoms with van der Waals surface area (Å²) in [6.45, 7) is 0. The molecule has 0 saturated heterocycles. The first kappa shape index (κ1) is 40.9. The fraction of sp³-hybridized carbons (Fsp3) is 0. The van der Waals surface area contributed by atoms with Gasteiger partial charge in [-0.1, -0.05) is 176 Å². The van der Waals surface area contributed by atoms with Crippen molar-refractivity contribution in [3.8, 4) is 61.6 Å². The molecule has 328 valence electrons. The molecule has 13 rings (SSSR count). The largest absolute Gasteiger partial charge is 0.311 e. The average molecular weight is 893 g/mol. The second-order valence-corrected chi connectivity index (χ2v) is 17.8. The lowest BCUT2D eigenvalue weighted by molar-refractivity contribution is 1.18. The first-order valence-corrected chi connectivity index (χ1v) is 23.8. The van der Waals surface area contributed by atoms with Gasteiger partial charge in [-0.05, 0) is 135 Å². The van der Waals surface area contributed by atoms with Crippen molar-refractivity contribution in [1.82, 2.24) is 14.5 Å². The minimum absolute atomic E-state index is 0.860. The fourth-order valence-electron chi connectivity index (χ4n) is 10.1. The number of aromatic nitrogens is 3. The minimum atomic E-state index is 0.860. The maximum absolute atomic E-state index is 5.16. The number of anilines is 3. The highest BCUT2D eigenvalue weighted by Crippen LogP contribution is 2.41. The van der Waals surface area contributed by atoms with Gasteiger partial charge in [0.1, 0.15) is 0 Å². The van der Waals surface area contributed by atoms with E-state index in [2.05, 4.69) is 246 Å². The van der Waals surface area contributed by atoms with Gasteiger partial charge < -0.3 is 9.47 Å². The Kier molecular flexibility index (Phi) is 10.1. The van der Waals surface area contributed by atoms with E-state index >= 15 is 0 Å². The van der Waals surface area contributed by atoms with E-state index in [1.54, 1.807) is 0 Å². The smallest absolute Gasteiger partial charge is 0.0973 e. The molecule has 0 aliphatic heterocycles. The second-order valence-electron chi connectivity index (χ2n) is 17.8. The highest BCUT2D eigenvalue weighted by Gasteiger charge is 2.18. The lowest BCUT2D eigenvalue weighted by Crippen LogP contribution is -2.09. The van der Waals surface area contributed by atoms with Crippen molar-refractivity contribution in [2.45, 2.75) is 0 Å². The molecular weight excluding hydrogens is 849 g/mol. The lowest BCUT2D eigenvalue weighted by Gasteiger charge is -2.26. The molecule has 0 bridgehead atoms. The van der Waals surface area contributed by atoms with Crippen molar-refractivity contribution in [2.75, 3.05) is 4.90 Å². The van der Waals surface area contributed by atoms with Crippen LogP contribution in [-0.4, -0.2) is 14.5 Å². The Labute approximate surface area is 406 Å². The average Bonchev–Trinajstić information content (AvgIpc) is 3.77. The van der Waals surface area contributed by atoms with Crippen LogP contribution in [0.15, 0.2) is 267 Å². The summed E-state index contributed by atoms with van der Waals surface area (Å²) in [5.74, 6) is 0. The van der Waals surface area contributed by atoms with E-state index in [0.29, 0.717) is 0 Å². The maximum Gasteiger partial charge on any atom is 0.0973 e. The molecule has 0 aliphatic rings. The van der Waals surface area contributed by atoms with Crippen LogP contribution in [0.1, 0.15) is 0 Å². The topological polar surface area (TPSA) is 34.0 Å². The molecule has 2 heterocycles. The minimum Gasteiger partial charge on any atom is -0.311 e. The molecule has 0 radical (unpaired) electrons. The van der Waals surface area contributed by atoms with E-state index in [4.69, 9.17) is 9.97 Å². The zero-order chi connectivity index (χ0) is 46.4. The van der Waals surface area contributed by atoms with Crippen LogP contribution in [0.2, 0.25) is 0 Å². The van der Waals surface area contributed by atoms with Gasteiger partial charge in [-0.2, -0.15) is 0 Å². The summed E-state index contributed by atoms with van der Waals surface area (Å²) in [7, 11) is 0. The van der Waals surface area contributed by atoms with Gasteiger partial charge in [0, 0.05) is 44.6 Å². The van der Waals surface area contributed by atoms with Crippen molar-refractivity contribution < 1.29 is 0 Å². The zero-order valence-electron chi connectivity index (χ0n) is 38.2. The lowest BCUT2D eigenvalue weighted by atomic mass is 9.97. The third-order valence-electron chi connectivity index (χ3n) is 13.6. The highest BCUT2D eigenvalue weighted by molar-refractivity contribution is 6.11. The Balaban J connectivity index is 0.856. The predicted octanol–water partition coefficient (Wildman–Crippen LogP) is 17.7. The van der Waals surface area contributed by atoms with E-state index in [1.165, 1.54) is 54.8 Å². The molecule has 0 atom stereocenters. The molecule has 2 aromatic heterocycles. The Morgan fingerprint density at radius 2 is 0.657 bits per heavy atom. The molecule has 0 aliphatic carbocycles. The number of rotatable bonds is 9. The summed E-state index contributed by atoms with van der Waals surface area (Å²) in [6, 6.07) is 95.4. The van der Waals surface area contributed by atoms with Crippen molar-refractivity contribution >= 4 is 60.7 Å². The van der Waals surface area contributed by atoms with Crippen LogP contribution in [-0.2, 0) is 0 Å². The molecule has 0 saturated carbocycles. The van der Waals surface area contributed by atoms with Gasteiger partial charge in [-0.3, -0.25) is 0 Å². The summed E-state index contributed by atoms with van der Waals surface area (Å²) in [6.07, 6.45) is 0. The third kappa shape index (κ3) is 7.45. The normalized spacial score (nSPS) is 11.4.